The van der Waals surface area contributed by atoms with Crippen molar-refractivity contribution in [1.82, 2.24) is 15.1 Å². The van der Waals surface area contributed by atoms with Crippen molar-refractivity contribution < 1.29 is 13.2 Å². The highest BCUT2D eigenvalue weighted by atomic mass is 19.4. The number of halogens is 3. The van der Waals surface area contributed by atoms with Crippen molar-refractivity contribution in [3.8, 4) is 0 Å². The molecule has 1 saturated carbocycles. The number of hydrogen-bond donors (Lipinski definition) is 1. The van der Waals surface area contributed by atoms with Crippen molar-refractivity contribution in [2.24, 2.45) is 0 Å². The van der Waals surface area contributed by atoms with Gasteiger partial charge < -0.3 is 5.32 Å². The van der Waals surface area contributed by atoms with Crippen LogP contribution in [-0.4, -0.2) is 22.9 Å². The SMILES string of the molecule is CNC1CCC(n2cc(C(F)(F)F)cn2)C1. The average molecular weight is 233 g/mol. The molecule has 3 nitrogen and oxygen atoms in total. The molecule has 1 heterocycles. The van der Waals surface area contributed by atoms with Gasteiger partial charge in [-0.2, -0.15) is 18.3 Å². The quantitative estimate of drug-likeness (QED) is 0.848. The normalized spacial score (nSPS) is 26.2. The van der Waals surface area contributed by atoms with E-state index in [1.807, 2.05) is 7.05 Å². The molecule has 0 radical (unpaired) electrons. The first-order valence-electron chi connectivity index (χ1n) is 5.29. The van der Waals surface area contributed by atoms with Crippen LogP contribution in [0.2, 0.25) is 0 Å². The second-order valence-electron chi connectivity index (χ2n) is 4.16. The van der Waals surface area contributed by atoms with Crippen LogP contribution in [0.1, 0.15) is 30.9 Å². The lowest BCUT2D eigenvalue weighted by atomic mass is 10.2. The summed E-state index contributed by atoms with van der Waals surface area (Å²) in [4.78, 5) is 0. The van der Waals surface area contributed by atoms with E-state index in [0.29, 0.717) is 6.04 Å². The minimum Gasteiger partial charge on any atom is -0.317 e. The third kappa shape index (κ3) is 2.21. The van der Waals surface area contributed by atoms with Gasteiger partial charge >= 0.3 is 6.18 Å². The second-order valence-corrected chi connectivity index (χ2v) is 4.16. The Balaban J connectivity index is 2.08. The number of aromatic nitrogens is 2. The highest BCUT2D eigenvalue weighted by molar-refractivity contribution is 5.09. The molecule has 1 aliphatic carbocycles. The van der Waals surface area contributed by atoms with Crippen LogP contribution in [0.4, 0.5) is 13.2 Å². The molecule has 1 N–H and O–H groups in total. The molecule has 1 aromatic rings. The minimum absolute atomic E-state index is 0.0912. The number of alkyl halides is 3. The summed E-state index contributed by atoms with van der Waals surface area (Å²) in [5.41, 5.74) is -0.666. The number of nitrogens with zero attached hydrogens (tertiary/aromatic N) is 2. The van der Waals surface area contributed by atoms with Crippen LogP contribution < -0.4 is 5.32 Å². The lowest BCUT2D eigenvalue weighted by molar-refractivity contribution is -0.137. The molecule has 1 fully saturated rings. The summed E-state index contributed by atoms with van der Waals surface area (Å²) in [6.07, 6.45) is 0.414. The van der Waals surface area contributed by atoms with E-state index in [1.54, 1.807) is 0 Å². The molecule has 0 aliphatic heterocycles. The van der Waals surface area contributed by atoms with Crippen LogP contribution >= 0.6 is 0 Å². The predicted molar refractivity (Wildman–Crippen MR) is 53.0 cm³/mol. The molecule has 0 spiro atoms. The molecule has 16 heavy (non-hydrogen) atoms. The van der Waals surface area contributed by atoms with Crippen molar-refractivity contribution in [2.45, 2.75) is 37.5 Å². The Labute approximate surface area is 91.6 Å². The molecule has 2 rings (SSSR count). The van der Waals surface area contributed by atoms with Gasteiger partial charge in [0.05, 0.1) is 17.8 Å². The molecule has 90 valence electrons. The number of rotatable bonds is 2. The summed E-state index contributed by atoms with van der Waals surface area (Å²) in [6.45, 7) is 0. The van der Waals surface area contributed by atoms with Crippen molar-refractivity contribution in [2.75, 3.05) is 7.05 Å². The van der Waals surface area contributed by atoms with E-state index in [9.17, 15) is 13.2 Å². The Hall–Kier alpha value is -1.04. The predicted octanol–water partition coefficient (Wildman–Crippen LogP) is 2.21. The van der Waals surface area contributed by atoms with Crippen molar-refractivity contribution in [3.63, 3.8) is 0 Å². The summed E-state index contributed by atoms with van der Waals surface area (Å²) >= 11 is 0. The fraction of sp³-hybridized carbons (Fsp3) is 0.700. The molecule has 0 amide bonds. The first-order chi connectivity index (χ1) is 7.50. The molecular weight excluding hydrogens is 219 g/mol. The second kappa shape index (κ2) is 4.08. The zero-order valence-electron chi connectivity index (χ0n) is 8.96. The Morgan fingerprint density at radius 1 is 1.44 bits per heavy atom. The van der Waals surface area contributed by atoms with Crippen LogP contribution in [0.3, 0.4) is 0 Å². The van der Waals surface area contributed by atoms with Gasteiger partial charge in [0.25, 0.3) is 0 Å². The highest BCUT2D eigenvalue weighted by Crippen LogP contribution is 2.33. The maximum absolute atomic E-state index is 12.4. The number of nitrogens with one attached hydrogen (secondary N) is 1. The first kappa shape index (κ1) is 11.4. The summed E-state index contributed by atoms with van der Waals surface area (Å²) in [6, 6.07) is 0.483. The Bertz CT molecular complexity index is 358. The van der Waals surface area contributed by atoms with Crippen LogP contribution in [0.25, 0.3) is 0 Å². The lowest BCUT2D eigenvalue weighted by Crippen LogP contribution is -2.21. The van der Waals surface area contributed by atoms with E-state index in [-0.39, 0.29) is 6.04 Å². The molecule has 6 heteroatoms. The average Bonchev–Trinajstić information content (AvgIpc) is 2.85. The molecular formula is C10H14F3N3. The van der Waals surface area contributed by atoms with Gasteiger partial charge in [-0.1, -0.05) is 0 Å². The van der Waals surface area contributed by atoms with E-state index in [1.165, 1.54) is 4.68 Å². The molecule has 0 aromatic carbocycles. The lowest BCUT2D eigenvalue weighted by Gasteiger charge is -2.11. The van der Waals surface area contributed by atoms with Crippen LogP contribution in [0.5, 0.6) is 0 Å². The van der Waals surface area contributed by atoms with E-state index in [2.05, 4.69) is 10.4 Å². The van der Waals surface area contributed by atoms with Crippen LogP contribution in [0, 0.1) is 0 Å². The van der Waals surface area contributed by atoms with E-state index in [0.717, 1.165) is 31.7 Å². The van der Waals surface area contributed by atoms with E-state index in [4.69, 9.17) is 0 Å². The maximum Gasteiger partial charge on any atom is 0.419 e. The monoisotopic (exact) mass is 233 g/mol. The van der Waals surface area contributed by atoms with E-state index >= 15 is 0 Å². The standard InChI is InChI=1S/C10H14F3N3/c1-14-8-2-3-9(4-8)16-6-7(5-15-16)10(11,12)13/h5-6,8-9,14H,2-4H2,1H3. The summed E-state index contributed by atoms with van der Waals surface area (Å²) in [7, 11) is 1.87. The zero-order chi connectivity index (χ0) is 11.8. The summed E-state index contributed by atoms with van der Waals surface area (Å²) in [5, 5.41) is 6.94. The van der Waals surface area contributed by atoms with Gasteiger partial charge in [0.15, 0.2) is 0 Å². The van der Waals surface area contributed by atoms with Crippen molar-refractivity contribution in [3.05, 3.63) is 18.0 Å². The van der Waals surface area contributed by atoms with Gasteiger partial charge in [-0.05, 0) is 26.3 Å². The van der Waals surface area contributed by atoms with Crippen LogP contribution in [0.15, 0.2) is 12.4 Å². The van der Waals surface area contributed by atoms with Gasteiger partial charge in [0.2, 0.25) is 0 Å². The fourth-order valence-corrected chi connectivity index (χ4v) is 2.14. The third-order valence-corrected chi connectivity index (χ3v) is 3.12. The number of hydrogen-bond acceptors (Lipinski definition) is 2. The molecule has 0 saturated heterocycles. The van der Waals surface area contributed by atoms with Gasteiger partial charge in [-0.25, -0.2) is 0 Å². The van der Waals surface area contributed by atoms with Crippen molar-refractivity contribution in [1.29, 1.82) is 0 Å². The summed E-state index contributed by atoms with van der Waals surface area (Å²) in [5.74, 6) is 0. The van der Waals surface area contributed by atoms with Crippen molar-refractivity contribution >= 4 is 0 Å². The topological polar surface area (TPSA) is 29.9 Å². The largest absolute Gasteiger partial charge is 0.419 e. The maximum atomic E-state index is 12.4. The van der Waals surface area contributed by atoms with Gasteiger partial charge in [-0.3, -0.25) is 4.68 Å². The Kier molecular flexibility index (Phi) is 2.92. The molecule has 0 bridgehead atoms. The third-order valence-electron chi connectivity index (χ3n) is 3.12. The Morgan fingerprint density at radius 3 is 2.69 bits per heavy atom. The zero-order valence-corrected chi connectivity index (χ0v) is 8.96. The van der Waals surface area contributed by atoms with Gasteiger partial charge in [0.1, 0.15) is 0 Å². The molecule has 2 atom stereocenters. The van der Waals surface area contributed by atoms with E-state index < -0.39 is 11.7 Å². The minimum atomic E-state index is -4.29. The van der Waals surface area contributed by atoms with Gasteiger partial charge in [-0.15, -0.1) is 0 Å². The fourth-order valence-electron chi connectivity index (χ4n) is 2.14. The van der Waals surface area contributed by atoms with Crippen LogP contribution in [-0.2, 0) is 6.18 Å². The molecule has 1 aromatic heterocycles. The summed E-state index contributed by atoms with van der Waals surface area (Å²) < 4.78 is 38.5. The Morgan fingerprint density at radius 2 is 2.19 bits per heavy atom. The smallest absolute Gasteiger partial charge is 0.317 e. The molecule has 1 aliphatic rings. The highest BCUT2D eigenvalue weighted by Gasteiger charge is 2.33. The molecule has 2 unspecified atom stereocenters. The first-order valence-corrected chi connectivity index (χ1v) is 5.29. The van der Waals surface area contributed by atoms with Gasteiger partial charge in [0, 0.05) is 12.2 Å².